The minimum atomic E-state index is -2.83. The Morgan fingerprint density at radius 3 is 1.63 bits per heavy atom. The summed E-state index contributed by atoms with van der Waals surface area (Å²) in [7, 11) is -2.83. The maximum atomic E-state index is 11.6. The number of hydrogen-bond acceptors (Lipinski definition) is 4. The van der Waals surface area contributed by atoms with Gasteiger partial charge in [0.2, 0.25) is 0 Å². The van der Waals surface area contributed by atoms with Crippen molar-refractivity contribution in [3.8, 4) is 0 Å². The van der Waals surface area contributed by atoms with Crippen LogP contribution >= 0.6 is 0 Å². The Morgan fingerprint density at radius 2 is 1.26 bits per heavy atom. The number of nitrogens with one attached hydrogen (secondary N) is 2. The van der Waals surface area contributed by atoms with Crippen molar-refractivity contribution in [1.82, 2.24) is 10.6 Å². The molecule has 2 aliphatic rings. The summed E-state index contributed by atoms with van der Waals surface area (Å²) in [5.74, 6) is 2.88. The van der Waals surface area contributed by atoms with Gasteiger partial charge in [0.25, 0.3) is 0 Å². The Kier molecular flexibility index (Phi) is 9.29. The molecule has 0 aliphatic carbocycles. The van der Waals surface area contributed by atoms with E-state index in [0.29, 0.717) is 28.9 Å². The van der Waals surface area contributed by atoms with Crippen molar-refractivity contribution in [2.75, 3.05) is 11.5 Å². The highest BCUT2D eigenvalue weighted by Gasteiger charge is 2.35. The van der Waals surface area contributed by atoms with Gasteiger partial charge in [0.15, 0.2) is 9.84 Å². The fourth-order valence-corrected chi connectivity index (χ4v) is 6.16. The standard InChI is InChI=1S/C12H25N.C10H21NO2S/c1-9(2)11-7-6-8-12(5,13-11)10(3)4;1-7(2)9-5-14(12,13)6-10(11-9)8(3)4/h9-11,13H,6-8H2,1-5H3;7-11H,5-6H2,1-4H3. The van der Waals surface area contributed by atoms with Gasteiger partial charge in [-0.15, -0.1) is 0 Å². The highest BCUT2D eigenvalue weighted by atomic mass is 32.2. The molecule has 5 heteroatoms. The van der Waals surface area contributed by atoms with Crippen molar-refractivity contribution in [2.45, 2.75) is 105 Å². The fourth-order valence-electron chi connectivity index (χ4n) is 3.97. The zero-order valence-electron chi connectivity index (χ0n) is 19.3. The zero-order chi connectivity index (χ0) is 21.0. The summed E-state index contributed by atoms with van der Waals surface area (Å²) in [6.07, 6.45) is 4.10. The van der Waals surface area contributed by atoms with Crippen LogP contribution in [0.3, 0.4) is 0 Å². The van der Waals surface area contributed by atoms with Gasteiger partial charge < -0.3 is 10.6 Å². The molecule has 27 heavy (non-hydrogen) atoms. The number of rotatable bonds is 4. The summed E-state index contributed by atoms with van der Waals surface area (Å²) in [4.78, 5) is 0. The van der Waals surface area contributed by atoms with Crippen molar-refractivity contribution in [2.24, 2.45) is 23.7 Å². The average molecular weight is 403 g/mol. The van der Waals surface area contributed by atoms with E-state index in [4.69, 9.17) is 0 Å². The van der Waals surface area contributed by atoms with Crippen LogP contribution in [0.1, 0.15) is 81.6 Å². The van der Waals surface area contributed by atoms with Gasteiger partial charge in [-0.2, -0.15) is 0 Å². The second-order valence-corrected chi connectivity index (χ2v) is 12.6. The van der Waals surface area contributed by atoms with Gasteiger partial charge in [-0.3, -0.25) is 0 Å². The van der Waals surface area contributed by atoms with Gasteiger partial charge >= 0.3 is 0 Å². The quantitative estimate of drug-likeness (QED) is 0.738. The summed E-state index contributed by atoms with van der Waals surface area (Å²) >= 11 is 0. The van der Waals surface area contributed by atoms with Crippen LogP contribution in [-0.2, 0) is 9.84 Å². The van der Waals surface area contributed by atoms with E-state index in [9.17, 15) is 8.42 Å². The Hall–Kier alpha value is -0.130. The van der Waals surface area contributed by atoms with Gasteiger partial charge in [0, 0.05) is 23.7 Å². The minimum absolute atomic E-state index is 0.126. The molecular weight excluding hydrogens is 356 g/mol. The van der Waals surface area contributed by atoms with Crippen LogP contribution in [0, 0.1) is 23.7 Å². The lowest BCUT2D eigenvalue weighted by atomic mass is 9.77. The van der Waals surface area contributed by atoms with Gasteiger partial charge in [0.05, 0.1) is 11.5 Å². The van der Waals surface area contributed by atoms with Crippen molar-refractivity contribution >= 4 is 9.84 Å². The summed E-state index contributed by atoms with van der Waals surface area (Å²) < 4.78 is 23.3. The molecule has 2 rings (SSSR count). The molecule has 2 heterocycles. The lowest BCUT2D eigenvalue weighted by Crippen LogP contribution is -2.56. The van der Waals surface area contributed by atoms with E-state index in [2.05, 4.69) is 72.9 Å². The Bertz CT molecular complexity index is 521. The van der Waals surface area contributed by atoms with Crippen LogP contribution < -0.4 is 10.6 Å². The molecule has 0 saturated carbocycles. The molecule has 0 amide bonds. The molecule has 0 aromatic heterocycles. The summed E-state index contributed by atoms with van der Waals surface area (Å²) in [6.45, 7) is 19.9. The summed E-state index contributed by atoms with van der Waals surface area (Å²) in [5.41, 5.74) is 0.382. The van der Waals surface area contributed by atoms with E-state index in [0.717, 1.165) is 17.9 Å². The van der Waals surface area contributed by atoms with Crippen LogP contribution in [0.2, 0.25) is 0 Å². The van der Waals surface area contributed by atoms with Crippen molar-refractivity contribution < 1.29 is 8.42 Å². The molecule has 0 aromatic carbocycles. The lowest BCUT2D eigenvalue weighted by Gasteiger charge is -2.44. The van der Waals surface area contributed by atoms with E-state index in [-0.39, 0.29) is 12.1 Å². The number of sulfone groups is 1. The molecule has 4 atom stereocenters. The first-order valence-electron chi connectivity index (χ1n) is 11.0. The van der Waals surface area contributed by atoms with Crippen molar-refractivity contribution in [3.05, 3.63) is 0 Å². The Morgan fingerprint density at radius 1 is 0.815 bits per heavy atom. The van der Waals surface area contributed by atoms with Crippen LogP contribution in [0.4, 0.5) is 0 Å². The van der Waals surface area contributed by atoms with Crippen molar-refractivity contribution in [1.29, 1.82) is 0 Å². The molecule has 2 fully saturated rings. The van der Waals surface area contributed by atoms with E-state index in [1.165, 1.54) is 19.3 Å². The molecule has 4 unspecified atom stereocenters. The summed E-state index contributed by atoms with van der Waals surface area (Å²) in [6, 6.07) is 0.989. The van der Waals surface area contributed by atoms with E-state index >= 15 is 0 Å². The van der Waals surface area contributed by atoms with Crippen LogP contribution in [0.15, 0.2) is 0 Å². The predicted octanol–water partition coefficient (Wildman–Crippen LogP) is 4.25. The van der Waals surface area contributed by atoms with Gasteiger partial charge in [-0.25, -0.2) is 8.42 Å². The number of piperidine rings is 1. The molecule has 0 aromatic rings. The second-order valence-electron chi connectivity index (χ2n) is 10.4. The smallest absolute Gasteiger partial charge is 0.153 e. The third kappa shape index (κ3) is 7.66. The SMILES string of the molecule is CC(C)C1CCCC(C)(C(C)C)N1.CC(C)C1CS(=O)(=O)CC(C(C)C)N1. The molecular formula is C22H46N2O2S. The lowest BCUT2D eigenvalue weighted by molar-refractivity contribution is 0.145. The fraction of sp³-hybridized carbons (Fsp3) is 1.00. The molecule has 2 aliphatic heterocycles. The topological polar surface area (TPSA) is 58.2 Å². The molecule has 162 valence electrons. The summed E-state index contributed by atoms with van der Waals surface area (Å²) in [5, 5.41) is 7.26. The largest absolute Gasteiger partial charge is 0.309 e. The third-order valence-electron chi connectivity index (χ3n) is 6.71. The molecule has 0 spiro atoms. The normalized spacial score (nSPS) is 34.0. The van der Waals surface area contributed by atoms with E-state index in [1.807, 2.05) is 0 Å². The van der Waals surface area contributed by atoms with Crippen LogP contribution in [0.25, 0.3) is 0 Å². The van der Waals surface area contributed by atoms with Gasteiger partial charge in [-0.1, -0.05) is 61.8 Å². The highest BCUT2D eigenvalue weighted by molar-refractivity contribution is 7.91. The Labute approximate surface area is 169 Å². The minimum Gasteiger partial charge on any atom is -0.309 e. The van der Waals surface area contributed by atoms with Gasteiger partial charge in [-0.05, 0) is 43.4 Å². The van der Waals surface area contributed by atoms with E-state index < -0.39 is 9.84 Å². The zero-order valence-corrected chi connectivity index (χ0v) is 20.1. The predicted molar refractivity (Wildman–Crippen MR) is 118 cm³/mol. The first-order chi connectivity index (χ1) is 12.3. The maximum Gasteiger partial charge on any atom is 0.153 e. The maximum absolute atomic E-state index is 11.6. The number of hydrogen-bond donors (Lipinski definition) is 2. The first-order valence-corrected chi connectivity index (χ1v) is 12.8. The van der Waals surface area contributed by atoms with Crippen molar-refractivity contribution in [3.63, 3.8) is 0 Å². The van der Waals surface area contributed by atoms with Crippen LogP contribution in [0.5, 0.6) is 0 Å². The van der Waals surface area contributed by atoms with Crippen LogP contribution in [-0.4, -0.2) is 43.6 Å². The molecule has 4 nitrogen and oxygen atoms in total. The molecule has 2 saturated heterocycles. The first kappa shape index (κ1) is 24.9. The monoisotopic (exact) mass is 402 g/mol. The molecule has 0 bridgehead atoms. The molecule has 2 N–H and O–H groups in total. The Balaban J connectivity index is 0.000000271. The van der Waals surface area contributed by atoms with Gasteiger partial charge in [0.1, 0.15) is 0 Å². The second kappa shape index (κ2) is 10.1. The average Bonchev–Trinajstić information content (AvgIpc) is 2.53. The third-order valence-corrected chi connectivity index (χ3v) is 8.44. The molecule has 0 radical (unpaired) electrons. The van der Waals surface area contributed by atoms with E-state index in [1.54, 1.807) is 0 Å². The highest BCUT2D eigenvalue weighted by Crippen LogP contribution is 2.30.